The molecule has 0 N–H and O–H groups in total. The minimum atomic E-state index is 1.14. The fourth-order valence-electron chi connectivity index (χ4n) is 5.42. The highest BCUT2D eigenvalue weighted by Crippen LogP contribution is 2.42. The Morgan fingerprint density at radius 3 is 1.36 bits per heavy atom. The Balaban J connectivity index is 1.54. The molecule has 0 saturated carbocycles. The van der Waals surface area contributed by atoms with Crippen molar-refractivity contribution in [2.45, 2.75) is 0 Å². The zero-order valence-electron chi connectivity index (χ0n) is 19.8. The summed E-state index contributed by atoms with van der Waals surface area (Å²) in [6, 6.07) is 51.9. The van der Waals surface area contributed by atoms with Crippen molar-refractivity contribution < 1.29 is 0 Å². The fourth-order valence-corrected chi connectivity index (χ4v) is 5.42. The van der Waals surface area contributed by atoms with Gasteiger partial charge in [-0.1, -0.05) is 97.1 Å². The molecule has 1 aromatic heterocycles. The monoisotopic (exact) mass is 460 g/mol. The number of rotatable bonds is 4. The number of para-hydroxylation sites is 4. The molecule has 0 saturated heterocycles. The van der Waals surface area contributed by atoms with Crippen molar-refractivity contribution in [2.75, 3.05) is 4.90 Å². The zero-order valence-corrected chi connectivity index (χ0v) is 19.8. The van der Waals surface area contributed by atoms with Crippen LogP contribution >= 0.6 is 0 Å². The highest BCUT2D eigenvalue weighted by atomic mass is 15.1. The van der Waals surface area contributed by atoms with E-state index < -0.39 is 0 Å². The fraction of sp³-hybridized carbons (Fsp3) is 0. The highest BCUT2D eigenvalue weighted by Gasteiger charge is 2.18. The molecule has 0 spiro atoms. The van der Waals surface area contributed by atoms with Gasteiger partial charge in [-0.05, 0) is 48.5 Å². The maximum absolute atomic E-state index is 2.41. The van der Waals surface area contributed by atoms with Crippen molar-refractivity contribution >= 4 is 49.6 Å². The number of anilines is 3. The van der Waals surface area contributed by atoms with E-state index in [0.29, 0.717) is 0 Å². The lowest BCUT2D eigenvalue weighted by Crippen LogP contribution is -2.10. The van der Waals surface area contributed by atoms with E-state index in [9.17, 15) is 0 Å². The first-order chi connectivity index (χ1) is 17.9. The van der Waals surface area contributed by atoms with E-state index in [1.165, 1.54) is 38.3 Å². The normalized spacial score (nSPS) is 11.3. The summed E-state index contributed by atoms with van der Waals surface area (Å²) in [5.41, 5.74) is 7.07. The summed E-state index contributed by atoms with van der Waals surface area (Å²) in [6.45, 7) is 0. The molecule has 6 aromatic carbocycles. The van der Waals surface area contributed by atoms with Gasteiger partial charge in [-0.3, -0.25) is 0 Å². The Labute approximate surface area is 210 Å². The zero-order chi connectivity index (χ0) is 23.9. The molecule has 0 bridgehead atoms. The van der Waals surface area contributed by atoms with Crippen molar-refractivity contribution in [3.8, 4) is 5.69 Å². The third-order valence-electron chi connectivity index (χ3n) is 6.97. The predicted octanol–water partition coefficient (Wildman–Crippen LogP) is 9.41. The third-order valence-corrected chi connectivity index (χ3v) is 6.97. The second kappa shape index (κ2) is 8.44. The lowest BCUT2D eigenvalue weighted by Gasteiger charge is -2.27. The summed E-state index contributed by atoms with van der Waals surface area (Å²) in [4.78, 5) is 2.35. The van der Waals surface area contributed by atoms with E-state index in [1.807, 2.05) is 0 Å². The van der Waals surface area contributed by atoms with E-state index in [0.717, 1.165) is 17.1 Å². The smallest absolute Gasteiger partial charge is 0.0542 e. The molecular formula is C34H24N2. The van der Waals surface area contributed by atoms with Crippen LogP contribution in [0.1, 0.15) is 0 Å². The molecule has 36 heavy (non-hydrogen) atoms. The lowest BCUT2D eigenvalue weighted by molar-refractivity contribution is 1.19. The number of hydrogen-bond acceptors (Lipinski definition) is 1. The average Bonchev–Trinajstić information content (AvgIpc) is 3.29. The molecule has 0 radical (unpaired) electrons. The summed E-state index contributed by atoms with van der Waals surface area (Å²) in [7, 11) is 0. The standard InChI is InChI=1S/C34H24N2/c1-3-13-25(14-4-1)35(26-15-5-2-6-16-26)33-23-24-34(30-18-8-7-17-29(30)33)36-31-21-11-9-19-27(31)28-20-10-12-22-32(28)36/h1-24H. The predicted molar refractivity (Wildman–Crippen MR) is 153 cm³/mol. The van der Waals surface area contributed by atoms with Crippen molar-refractivity contribution in [3.63, 3.8) is 0 Å². The van der Waals surface area contributed by atoms with Crippen molar-refractivity contribution in [3.05, 3.63) is 146 Å². The number of hydrogen-bond donors (Lipinski definition) is 0. The number of fused-ring (bicyclic) bond motifs is 4. The Morgan fingerprint density at radius 2 is 0.806 bits per heavy atom. The SMILES string of the molecule is c1ccc(N(c2ccccc2)c2ccc(-n3c4ccccc4c4ccccc43)c3ccccc23)cc1. The van der Waals surface area contributed by atoms with Gasteiger partial charge in [-0.25, -0.2) is 0 Å². The molecule has 2 nitrogen and oxygen atoms in total. The molecule has 0 unspecified atom stereocenters. The van der Waals surface area contributed by atoms with Gasteiger partial charge in [0.1, 0.15) is 0 Å². The van der Waals surface area contributed by atoms with Gasteiger partial charge >= 0.3 is 0 Å². The second-order valence-electron chi connectivity index (χ2n) is 9.03. The van der Waals surface area contributed by atoms with Crippen LogP contribution in [-0.4, -0.2) is 4.57 Å². The number of nitrogens with zero attached hydrogens (tertiary/aromatic N) is 2. The van der Waals surface area contributed by atoms with Crippen LogP contribution < -0.4 is 4.90 Å². The van der Waals surface area contributed by atoms with Gasteiger partial charge in [0, 0.05) is 32.9 Å². The molecule has 1 heterocycles. The largest absolute Gasteiger partial charge is 0.310 e. The topological polar surface area (TPSA) is 8.17 Å². The van der Waals surface area contributed by atoms with Crippen LogP contribution in [0, 0.1) is 0 Å². The van der Waals surface area contributed by atoms with E-state index in [1.54, 1.807) is 0 Å². The van der Waals surface area contributed by atoms with Crippen LogP contribution in [0.25, 0.3) is 38.3 Å². The molecule has 2 heteroatoms. The second-order valence-corrected chi connectivity index (χ2v) is 9.03. The number of benzene rings is 6. The number of aromatic nitrogens is 1. The minimum Gasteiger partial charge on any atom is -0.310 e. The molecule has 0 atom stereocenters. The maximum atomic E-state index is 2.41. The van der Waals surface area contributed by atoms with Gasteiger partial charge in [-0.2, -0.15) is 0 Å². The van der Waals surface area contributed by atoms with Crippen LogP contribution in [0.15, 0.2) is 146 Å². The van der Waals surface area contributed by atoms with Crippen LogP contribution in [0.5, 0.6) is 0 Å². The summed E-state index contributed by atoms with van der Waals surface area (Å²) in [5, 5.41) is 4.98. The molecule has 7 rings (SSSR count). The van der Waals surface area contributed by atoms with Crippen LogP contribution in [-0.2, 0) is 0 Å². The Kier molecular flexibility index (Phi) is 4.82. The summed E-state index contributed by atoms with van der Waals surface area (Å²) in [6.07, 6.45) is 0. The molecule has 0 aliphatic heterocycles. The van der Waals surface area contributed by atoms with Crippen LogP contribution in [0.3, 0.4) is 0 Å². The Bertz CT molecular complexity index is 1740. The van der Waals surface area contributed by atoms with Crippen LogP contribution in [0.2, 0.25) is 0 Å². The van der Waals surface area contributed by atoms with Gasteiger partial charge in [-0.15, -0.1) is 0 Å². The first-order valence-electron chi connectivity index (χ1n) is 12.3. The van der Waals surface area contributed by atoms with Gasteiger partial charge in [0.25, 0.3) is 0 Å². The molecule has 0 amide bonds. The van der Waals surface area contributed by atoms with E-state index >= 15 is 0 Å². The average molecular weight is 461 g/mol. The highest BCUT2D eigenvalue weighted by molar-refractivity contribution is 6.11. The van der Waals surface area contributed by atoms with Gasteiger partial charge in [0.05, 0.1) is 22.4 Å². The first-order valence-corrected chi connectivity index (χ1v) is 12.3. The maximum Gasteiger partial charge on any atom is 0.0542 e. The van der Waals surface area contributed by atoms with Gasteiger partial charge in [0.2, 0.25) is 0 Å². The summed E-state index contributed by atoms with van der Waals surface area (Å²) >= 11 is 0. The third kappa shape index (κ3) is 3.19. The molecule has 0 fully saturated rings. The molecular weight excluding hydrogens is 436 g/mol. The molecule has 0 aliphatic carbocycles. The minimum absolute atomic E-state index is 1.14. The lowest BCUT2D eigenvalue weighted by atomic mass is 10.0. The molecule has 7 aromatic rings. The Morgan fingerprint density at radius 1 is 0.361 bits per heavy atom. The van der Waals surface area contributed by atoms with E-state index in [4.69, 9.17) is 0 Å². The van der Waals surface area contributed by atoms with Crippen molar-refractivity contribution in [1.82, 2.24) is 4.57 Å². The van der Waals surface area contributed by atoms with Crippen molar-refractivity contribution in [1.29, 1.82) is 0 Å². The van der Waals surface area contributed by atoms with Gasteiger partial charge in [0.15, 0.2) is 0 Å². The first kappa shape index (κ1) is 20.5. The summed E-state index contributed by atoms with van der Waals surface area (Å²) in [5.74, 6) is 0. The van der Waals surface area contributed by atoms with Crippen LogP contribution in [0.4, 0.5) is 17.1 Å². The van der Waals surface area contributed by atoms with Gasteiger partial charge < -0.3 is 9.47 Å². The quantitative estimate of drug-likeness (QED) is 0.254. The molecule has 0 aliphatic rings. The molecule has 170 valence electrons. The van der Waals surface area contributed by atoms with Crippen molar-refractivity contribution in [2.24, 2.45) is 0 Å². The Hall–Kier alpha value is -4.82. The summed E-state index contributed by atoms with van der Waals surface area (Å²) < 4.78 is 2.41. The van der Waals surface area contributed by atoms with E-state index in [2.05, 4.69) is 155 Å². The van der Waals surface area contributed by atoms with E-state index in [-0.39, 0.29) is 0 Å².